The number of aromatic nitrogens is 2. The van der Waals surface area contributed by atoms with Gasteiger partial charge in [-0.25, -0.2) is 0 Å². The second-order valence-corrected chi connectivity index (χ2v) is 4.46. The van der Waals surface area contributed by atoms with E-state index in [1.54, 1.807) is 0 Å². The Kier molecular flexibility index (Phi) is 3.50. The normalized spacial score (nSPS) is 11.6. The maximum absolute atomic E-state index is 4.36. The molecule has 1 aromatic heterocycles. The summed E-state index contributed by atoms with van der Waals surface area (Å²) in [5.74, 6) is 0. The van der Waals surface area contributed by atoms with Gasteiger partial charge in [0.25, 0.3) is 0 Å². The third-order valence-corrected chi connectivity index (χ3v) is 2.80. The van der Waals surface area contributed by atoms with Gasteiger partial charge in [-0.3, -0.25) is 9.58 Å². The Bertz CT molecular complexity index is 280. The average Bonchev–Trinajstić information content (AvgIpc) is 2.30. The van der Waals surface area contributed by atoms with Crippen LogP contribution in [0.2, 0.25) is 0 Å². The van der Waals surface area contributed by atoms with E-state index >= 15 is 0 Å². The van der Waals surface area contributed by atoms with Crippen LogP contribution in [0.1, 0.15) is 19.5 Å². The van der Waals surface area contributed by atoms with Gasteiger partial charge in [0.2, 0.25) is 0 Å². The quantitative estimate of drug-likeness (QED) is 0.813. The van der Waals surface area contributed by atoms with Crippen LogP contribution in [0.4, 0.5) is 0 Å². The van der Waals surface area contributed by atoms with E-state index in [2.05, 4.69) is 46.8 Å². The second-order valence-electron chi connectivity index (χ2n) is 3.61. The topological polar surface area (TPSA) is 21.1 Å². The van der Waals surface area contributed by atoms with Crippen LogP contribution in [0.15, 0.2) is 10.7 Å². The molecule has 0 atom stereocenters. The lowest BCUT2D eigenvalue weighted by molar-refractivity contribution is 0.261. The molecule has 0 fully saturated rings. The van der Waals surface area contributed by atoms with Crippen LogP contribution >= 0.6 is 15.9 Å². The highest BCUT2D eigenvalue weighted by atomic mass is 79.9. The molecule has 0 amide bonds. The van der Waals surface area contributed by atoms with Crippen molar-refractivity contribution in [1.29, 1.82) is 0 Å². The van der Waals surface area contributed by atoms with Crippen molar-refractivity contribution in [2.45, 2.75) is 26.4 Å². The predicted octanol–water partition coefficient (Wildman–Crippen LogP) is 2.02. The lowest BCUT2D eigenvalue weighted by Crippen LogP contribution is -2.26. The molecule has 0 aliphatic carbocycles. The summed E-state index contributed by atoms with van der Waals surface area (Å²) in [7, 11) is 4.04. The third-order valence-electron chi connectivity index (χ3n) is 2.14. The summed E-state index contributed by atoms with van der Waals surface area (Å²) in [6, 6.07) is 0.550. The van der Waals surface area contributed by atoms with Gasteiger partial charge in [-0.1, -0.05) is 0 Å². The molecule has 74 valence electrons. The molecule has 1 rings (SSSR count). The molecule has 0 saturated carbocycles. The minimum Gasteiger partial charge on any atom is -0.298 e. The number of halogens is 1. The summed E-state index contributed by atoms with van der Waals surface area (Å²) < 4.78 is 2.91. The molecule has 0 unspecified atom stereocenters. The van der Waals surface area contributed by atoms with Crippen molar-refractivity contribution >= 4 is 15.9 Å². The van der Waals surface area contributed by atoms with Crippen molar-refractivity contribution in [3.8, 4) is 0 Å². The molecule has 4 heteroatoms. The molecule has 0 aliphatic heterocycles. The summed E-state index contributed by atoms with van der Waals surface area (Å²) in [5, 5.41) is 4.36. The number of nitrogens with zero attached hydrogens (tertiary/aromatic N) is 3. The standard InChI is InChI=1S/C9H16BrN3/c1-7(2)12(3)6-9-8(10)5-13(4)11-9/h5,7H,6H2,1-4H3. The van der Waals surface area contributed by atoms with Crippen LogP contribution in [-0.2, 0) is 13.6 Å². The lowest BCUT2D eigenvalue weighted by Gasteiger charge is -2.19. The SMILES string of the molecule is CC(C)N(C)Cc1nn(C)cc1Br. The molecule has 0 saturated heterocycles. The van der Waals surface area contributed by atoms with Crippen LogP contribution in [0, 0.1) is 0 Å². The van der Waals surface area contributed by atoms with Crippen molar-refractivity contribution in [1.82, 2.24) is 14.7 Å². The van der Waals surface area contributed by atoms with Crippen molar-refractivity contribution < 1.29 is 0 Å². The Balaban J connectivity index is 2.68. The van der Waals surface area contributed by atoms with Gasteiger partial charge in [0.05, 0.1) is 10.2 Å². The summed E-state index contributed by atoms with van der Waals surface area (Å²) >= 11 is 3.48. The summed E-state index contributed by atoms with van der Waals surface area (Å²) in [4.78, 5) is 2.26. The molecular weight excluding hydrogens is 230 g/mol. The van der Waals surface area contributed by atoms with E-state index in [1.807, 2.05) is 17.9 Å². The van der Waals surface area contributed by atoms with E-state index in [9.17, 15) is 0 Å². The molecule has 0 aromatic carbocycles. The molecule has 0 bridgehead atoms. The van der Waals surface area contributed by atoms with Gasteiger partial charge in [0, 0.05) is 25.8 Å². The van der Waals surface area contributed by atoms with Crippen LogP contribution in [0.25, 0.3) is 0 Å². The van der Waals surface area contributed by atoms with Crippen LogP contribution in [-0.4, -0.2) is 27.8 Å². The summed E-state index contributed by atoms with van der Waals surface area (Å²) in [5.41, 5.74) is 1.10. The van der Waals surface area contributed by atoms with Gasteiger partial charge in [-0.05, 0) is 36.8 Å². The molecule has 0 radical (unpaired) electrons. The fourth-order valence-corrected chi connectivity index (χ4v) is 1.53. The van der Waals surface area contributed by atoms with Gasteiger partial charge in [-0.2, -0.15) is 5.10 Å². The second kappa shape index (κ2) is 4.24. The Hall–Kier alpha value is -0.350. The molecule has 0 N–H and O–H groups in total. The largest absolute Gasteiger partial charge is 0.298 e. The molecule has 0 spiro atoms. The number of aryl methyl sites for hydroxylation is 1. The maximum Gasteiger partial charge on any atom is 0.0906 e. The first-order chi connectivity index (χ1) is 6.00. The fraction of sp³-hybridized carbons (Fsp3) is 0.667. The minimum absolute atomic E-state index is 0.550. The van der Waals surface area contributed by atoms with E-state index in [-0.39, 0.29) is 0 Å². The smallest absolute Gasteiger partial charge is 0.0906 e. The van der Waals surface area contributed by atoms with E-state index < -0.39 is 0 Å². The van der Waals surface area contributed by atoms with Crippen molar-refractivity contribution in [2.24, 2.45) is 7.05 Å². The van der Waals surface area contributed by atoms with E-state index in [0.29, 0.717) is 6.04 Å². The first kappa shape index (κ1) is 10.7. The highest BCUT2D eigenvalue weighted by molar-refractivity contribution is 9.10. The zero-order valence-electron chi connectivity index (χ0n) is 8.58. The predicted molar refractivity (Wildman–Crippen MR) is 57.5 cm³/mol. The minimum atomic E-state index is 0.550. The fourth-order valence-electron chi connectivity index (χ4n) is 1.03. The molecule has 1 heterocycles. The van der Waals surface area contributed by atoms with Crippen LogP contribution < -0.4 is 0 Å². The molecule has 3 nitrogen and oxygen atoms in total. The third kappa shape index (κ3) is 2.81. The molecule has 0 aliphatic rings. The van der Waals surface area contributed by atoms with Gasteiger partial charge in [0.1, 0.15) is 0 Å². The Morgan fingerprint density at radius 2 is 2.23 bits per heavy atom. The van der Waals surface area contributed by atoms with Gasteiger partial charge < -0.3 is 0 Å². The van der Waals surface area contributed by atoms with Crippen molar-refractivity contribution in [2.75, 3.05) is 7.05 Å². The molecule has 13 heavy (non-hydrogen) atoms. The first-order valence-electron chi connectivity index (χ1n) is 4.39. The lowest BCUT2D eigenvalue weighted by atomic mass is 10.3. The van der Waals surface area contributed by atoms with Crippen molar-refractivity contribution in [3.05, 3.63) is 16.4 Å². The van der Waals surface area contributed by atoms with Gasteiger partial charge in [-0.15, -0.1) is 0 Å². The van der Waals surface area contributed by atoms with E-state index in [4.69, 9.17) is 0 Å². The zero-order valence-corrected chi connectivity index (χ0v) is 10.2. The number of hydrogen-bond acceptors (Lipinski definition) is 2. The van der Waals surface area contributed by atoms with Gasteiger partial charge >= 0.3 is 0 Å². The van der Waals surface area contributed by atoms with E-state index in [0.717, 1.165) is 16.7 Å². The Labute approximate surface area is 87.9 Å². The summed E-state index contributed by atoms with van der Waals surface area (Å²) in [6.07, 6.45) is 1.98. The Morgan fingerprint density at radius 3 is 2.62 bits per heavy atom. The number of hydrogen-bond donors (Lipinski definition) is 0. The average molecular weight is 246 g/mol. The highest BCUT2D eigenvalue weighted by Gasteiger charge is 2.09. The first-order valence-corrected chi connectivity index (χ1v) is 5.18. The number of rotatable bonds is 3. The maximum atomic E-state index is 4.36. The molecular formula is C9H16BrN3. The van der Waals surface area contributed by atoms with Gasteiger partial charge in [0.15, 0.2) is 0 Å². The highest BCUT2D eigenvalue weighted by Crippen LogP contribution is 2.16. The monoisotopic (exact) mass is 245 g/mol. The Morgan fingerprint density at radius 1 is 1.62 bits per heavy atom. The van der Waals surface area contributed by atoms with Crippen molar-refractivity contribution in [3.63, 3.8) is 0 Å². The van der Waals surface area contributed by atoms with Crippen LogP contribution in [0.5, 0.6) is 0 Å². The molecule has 1 aromatic rings. The zero-order chi connectivity index (χ0) is 10.0. The van der Waals surface area contributed by atoms with Crippen LogP contribution in [0.3, 0.4) is 0 Å². The van der Waals surface area contributed by atoms with E-state index in [1.165, 1.54) is 0 Å². The summed E-state index contributed by atoms with van der Waals surface area (Å²) in [6.45, 7) is 5.24.